The summed E-state index contributed by atoms with van der Waals surface area (Å²) in [7, 11) is 1.62. The van der Waals surface area contributed by atoms with Crippen molar-refractivity contribution < 1.29 is 9.47 Å². The van der Waals surface area contributed by atoms with Gasteiger partial charge >= 0.3 is 0 Å². The van der Waals surface area contributed by atoms with E-state index in [0.29, 0.717) is 24.7 Å². The maximum Gasteiger partial charge on any atom is 0.175 e. The smallest absolute Gasteiger partial charge is 0.175 e. The number of methoxy groups -OCH3 is 1. The fourth-order valence-electron chi connectivity index (χ4n) is 1.81. The molecule has 3 nitrogen and oxygen atoms in total. The second-order valence-corrected chi connectivity index (χ2v) is 6.00. The Morgan fingerprint density at radius 2 is 1.90 bits per heavy atom. The van der Waals surface area contributed by atoms with Crippen LogP contribution in [-0.2, 0) is 13.2 Å². The van der Waals surface area contributed by atoms with Crippen LogP contribution in [0.5, 0.6) is 11.5 Å². The summed E-state index contributed by atoms with van der Waals surface area (Å²) < 4.78 is 13.1. The van der Waals surface area contributed by atoms with E-state index in [1.807, 2.05) is 36.4 Å². The molecule has 2 aromatic rings. The fourth-order valence-corrected chi connectivity index (χ4v) is 2.86. The molecule has 5 heteroatoms. The van der Waals surface area contributed by atoms with E-state index in [4.69, 9.17) is 15.2 Å². The molecule has 0 atom stereocenters. The van der Waals surface area contributed by atoms with Gasteiger partial charge in [0.25, 0.3) is 0 Å². The molecule has 0 aromatic heterocycles. The Balaban J connectivity index is 2.20. The number of hydrogen-bond donors (Lipinski definition) is 1. The number of benzene rings is 2. The number of halogens is 2. The molecule has 0 saturated carbocycles. The molecule has 0 amide bonds. The summed E-state index contributed by atoms with van der Waals surface area (Å²) in [4.78, 5) is 0. The summed E-state index contributed by atoms with van der Waals surface area (Å²) in [6, 6.07) is 11.8. The van der Waals surface area contributed by atoms with Crippen molar-refractivity contribution in [3.63, 3.8) is 0 Å². The van der Waals surface area contributed by atoms with Gasteiger partial charge in [-0.3, -0.25) is 0 Å². The number of nitrogens with two attached hydrogens (primary N) is 1. The van der Waals surface area contributed by atoms with E-state index in [-0.39, 0.29) is 0 Å². The molecule has 106 valence electrons. The Hall–Kier alpha value is -1.04. The van der Waals surface area contributed by atoms with Gasteiger partial charge in [0.15, 0.2) is 11.5 Å². The SMILES string of the molecule is COc1cc(CN)cc(Br)c1OCc1cccc(Br)c1. The summed E-state index contributed by atoms with van der Waals surface area (Å²) in [5.74, 6) is 1.36. The third-order valence-corrected chi connectivity index (χ3v) is 3.88. The molecule has 0 unspecified atom stereocenters. The predicted molar refractivity (Wildman–Crippen MR) is 87.1 cm³/mol. The minimum atomic E-state index is 0.459. The van der Waals surface area contributed by atoms with E-state index in [0.717, 1.165) is 20.1 Å². The van der Waals surface area contributed by atoms with E-state index in [2.05, 4.69) is 31.9 Å². The molecule has 0 fully saturated rings. The standard InChI is InChI=1S/C15H15Br2NO2/c1-19-14-7-11(8-18)6-13(17)15(14)20-9-10-3-2-4-12(16)5-10/h2-7H,8-9,18H2,1H3. The zero-order valence-electron chi connectivity index (χ0n) is 11.0. The average molecular weight is 401 g/mol. The van der Waals surface area contributed by atoms with Crippen LogP contribution < -0.4 is 15.2 Å². The van der Waals surface area contributed by atoms with E-state index in [1.54, 1.807) is 7.11 Å². The summed E-state index contributed by atoms with van der Waals surface area (Å²) in [6.45, 7) is 0.928. The molecule has 0 radical (unpaired) electrons. The van der Waals surface area contributed by atoms with E-state index in [1.165, 1.54) is 0 Å². The van der Waals surface area contributed by atoms with Crippen molar-refractivity contribution in [3.8, 4) is 11.5 Å². The molecule has 2 aromatic carbocycles. The zero-order valence-corrected chi connectivity index (χ0v) is 14.2. The van der Waals surface area contributed by atoms with Crippen LogP contribution in [0.15, 0.2) is 45.3 Å². The topological polar surface area (TPSA) is 44.5 Å². The van der Waals surface area contributed by atoms with Crippen LogP contribution >= 0.6 is 31.9 Å². The van der Waals surface area contributed by atoms with Crippen LogP contribution in [0.1, 0.15) is 11.1 Å². The molecule has 0 bridgehead atoms. The molecule has 20 heavy (non-hydrogen) atoms. The Labute approximate surface area is 135 Å². The largest absolute Gasteiger partial charge is 0.493 e. The van der Waals surface area contributed by atoms with E-state index in [9.17, 15) is 0 Å². The van der Waals surface area contributed by atoms with Gasteiger partial charge in [-0.15, -0.1) is 0 Å². The van der Waals surface area contributed by atoms with Crippen LogP contribution in [0.4, 0.5) is 0 Å². The normalized spacial score (nSPS) is 10.4. The molecule has 0 spiro atoms. The minimum Gasteiger partial charge on any atom is -0.493 e. The highest BCUT2D eigenvalue weighted by Crippen LogP contribution is 2.37. The maximum absolute atomic E-state index is 5.87. The van der Waals surface area contributed by atoms with Crippen LogP contribution in [0.25, 0.3) is 0 Å². The first-order chi connectivity index (χ1) is 9.63. The Kier molecular flexibility index (Phi) is 5.46. The first kappa shape index (κ1) is 15.4. The van der Waals surface area contributed by atoms with Crippen LogP contribution in [-0.4, -0.2) is 7.11 Å². The van der Waals surface area contributed by atoms with Crippen molar-refractivity contribution in [3.05, 3.63) is 56.5 Å². The molecule has 2 rings (SSSR count). The average Bonchev–Trinajstić information content (AvgIpc) is 2.45. The monoisotopic (exact) mass is 399 g/mol. The van der Waals surface area contributed by atoms with Crippen LogP contribution in [0.2, 0.25) is 0 Å². The van der Waals surface area contributed by atoms with Gasteiger partial charge in [0, 0.05) is 11.0 Å². The van der Waals surface area contributed by atoms with E-state index < -0.39 is 0 Å². The van der Waals surface area contributed by atoms with Crippen LogP contribution in [0.3, 0.4) is 0 Å². The van der Waals surface area contributed by atoms with Gasteiger partial charge in [-0.05, 0) is 51.3 Å². The molecular weight excluding hydrogens is 386 g/mol. The highest BCUT2D eigenvalue weighted by Gasteiger charge is 2.11. The minimum absolute atomic E-state index is 0.459. The molecule has 0 aliphatic heterocycles. The summed E-state index contributed by atoms with van der Waals surface area (Å²) in [5.41, 5.74) is 7.72. The first-order valence-corrected chi connectivity index (χ1v) is 7.66. The number of ether oxygens (including phenoxy) is 2. The second kappa shape index (κ2) is 7.11. The predicted octanol–water partition coefficient (Wildman–Crippen LogP) is 4.26. The van der Waals surface area contributed by atoms with Crippen molar-refractivity contribution in [1.82, 2.24) is 0 Å². The molecule has 0 aliphatic rings. The third-order valence-electron chi connectivity index (χ3n) is 2.80. The first-order valence-electron chi connectivity index (χ1n) is 6.07. The lowest BCUT2D eigenvalue weighted by Crippen LogP contribution is -2.01. The van der Waals surface area contributed by atoms with Gasteiger partial charge in [-0.25, -0.2) is 0 Å². The zero-order chi connectivity index (χ0) is 14.5. The number of hydrogen-bond acceptors (Lipinski definition) is 3. The van der Waals surface area contributed by atoms with Crippen molar-refractivity contribution in [1.29, 1.82) is 0 Å². The molecule has 2 N–H and O–H groups in total. The maximum atomic E-state index is 5.87. The Bertz CT molecular complexity index is 602. The Morgan fingerprint density at radius 3 is 2.55 bits per heavy atom. The molecule has 0 aliphatic carbocycles. The highest BCUT2D eigenvalue weighted by atomic mass is 79.9. The van der Waals surface area contributed by atoms with Gasteiger partial charge in [-0.2, -0.15) is 0 Å². The van der Waals surface area contributed by atoms with Crippen molar-refractivity contribution in [2.24, 2.45) is 5.73 Å². The van der Waals surface area contributed by atoms with Crippen molar-refractivity contribution in [2.75, 3.05) is 7.11 Å². The van der Waals surface area contributed by atoms with Crippen molar-refractivity contribution >= 4 is 31.9 Å². The second-order valence-electron chi connectivity index (χ2n) is 4.23. The van der Waals surface area contributed by atoms with Gasteiger partial charge in [0.1, 0.15) is 6.61 Å². The summed E-state index contributed by atoms with van der Waals surface area (Å²) >= 11 is 6.94. The quantitative estimate of drug-likeness (QED) is 0.815. The van der Waals surface area contributed by atoms with Gasteiger partial charge in [0.05, 0.1) is 11.6 Å². The van der Waals surface area contributed by atoms with Gasteiger partial charge in [-0.1, -0.05) is 28.1 Å². The highest BCUT2D eigenvalue weighted by molar-refractivity contribution is 9.10. The Morgan fingerprint density at radius 1 is 1.10 bits per heavy atom. The molecule has 0 heterocycles. The fraction of sp³-hybridized carbons (Fsp3) is 0.200. The van der Waals surface area contributed by atoms with Gasteiger partial charge < -0.3 is 15.2 Å². The summed E-state index contributed by atoms with van der Waals surface area (Å²) in [6.07, 6.45) is 0. The molecular formula is C15H15Br2NO2. The van der Waals surface area contributed by atoms with E-state index >= 15 is 0 Å². The van der Waals surface area contributed by atoms with Gasteiger partial charge in [0.2, 0.25) is 0 Å². The van der Waals surface area contributed by atoms with Crippen LogP contribution in [0, 0.1) is 0 Å². The number of rotatable bonds is 5. The third kappa shape index (κ3) is 3.75. The lowest BCUT2D eigenvalue weighted by Gasteiger charge is -2.14. The molecule has 0 saturated heterocycles. The summed E-state index contributed by atoms with van der Waals surface area (Å²) in [5, 5.41) is 0. The lowest BCUT2D eigenvalue weighted by molar-refractivity contribution is 0.282. The van der Waals surface area contributed by atoms with Crippen molar-refractivity contribution in [2.45, 2.75) is 13.2 Å². The lowest BCUT2D eigenvalue weighted by atomic mass is 10.2.